The summed E-state index contributed by atoms with van der Waals surface area (Å²) in [7, 11) is 0. The zero-order valence-electron chi connectivity index (χ0n) is 14.0. The molecular formula is C19H16F2N2O2S. The standard InChI is InChI=1S/C19H16F2N2O2S/c1-2-22-16-8-7-14(21)11-15(16)19(18(22)25)23(9-10-26-19)17(24)12-3-5-13(20)6-4-12/h3-8,11H,2,9-10H2,1H3/t19-/m1/s1. The van der Waals surface area contributed by atoms with Gasteiger partial charge in [0.2, 0.25) is 0 Å². The predicted octanol–water partition coefficient (Wildman–Crippen LogP) is 3.37. The van der Waals surface area contributed by atoms with E-state index >= 15 is 0 Å². The molecule has 0 saturated carbocycles. The van der Waals surface area contributed by atoms with Gasteiger partial charge >= 0.3 is 0 Å². The molecule has 1 saturated heterocycles. The van der Waals surface area contributed by atoms with E-state index in [9.17, 15) is 18.4 Å². The predicted molar refractivity (Wildman–Crippen MR) is 96.0 cm³/mol. The first-order chi connectivity index (χ1) is 12.5. The molecule has 0 bridgehead atoms. The second kappa shape index (κ2) is 6.09. The molecule has 2 aliphatic rings. The lowest BCUT2D eigenvalue weighted by molar-refractivity contribution is -0.123. The molecule has 1 spiro atoms. The molecule has 2 heterocycles. The molecule has 2 aliphatic heterocycles. The van der Waals surface area contributed by atoms with E-state index in [2.05, 4.69) is 0 Å². The number of halogens is 2. The highest BCUT2D eigenvalue weighted by atomic mass is 32.2. The summed E-state index contributed by atoms with van der Waals surface area (Å²) in [6.07, 6.45) is 0. The van der Waals surface area contributed by atoms with E-state index in [-0.39, 0.29) is 11.8 Å². The zero-order chi connectivity index (χ0) is 18.5. The van der Waals surface area contributed by atoms with E-state index in [1.165, 1.54) is 53.1 Å². The minimum absolute atomic E-state index is 0.237. The molecule has 0 aromatic heterocycles. The Hall–Kier alpha value is -2.41. The van der Waals surface area contributed by atoms with Gasteiger partial charge in [-0.25, -0.2) is 8.78 Å². The third-order valence-corrected chi connectivity index (χ3v) is 6.23. The van der Waals surface area contributed by atoms with Gasteiger partial charge < -0.3 is 9.80 Å². The minimum Gasteiger partial charge on any atom is -0.311 e. The van der Waals surface area contributed by atoms with E-state index in [0.29, 0.717) is 35.7 Å². The molecular weight excluding hydrogens is 358 g/mol. The summed E-state index contributed by atoms with van der Waals surface area (Å²) in [5.41, 5.74) is 1.43. The van der Waals surface area contributed by atoms with Crippen LogP contribution in [0.5, 0.6) is 0 Å². The summed E-state index contributed by atoms with van der Waals surface area (Å²) >= 11 is 1.34. The van der Waals surface area contributed by atoms with Gasteiger partial charge in [0.15, 0.2) is 4.87 Å². The molecule has 4 nitrogen and oxygen atoms in total. The number of carbonyl (C=O) groups is 2. The molecule has 1 atom stereocenters. The Kier molecular flexibility index (Phi) is 3.99. The van der Waals surface area contributed by atoms with Gasteiger partial charge in [-0.3, -0.25) is 9.59 Å². The van der Waals surface area contributed by atoms with Gasteiger partial charge in [-0.15, -0.1) is 11.8 Å². The Balaban J connectivity index is 1.84. The van der Waals surface area contributed by atoms with Gasteiger partial charge in [-0.1, -0.05) is 0 Å². The van der Waals surface area contributed by atoms with Crippen molar-refractivity contribution in [3.8, 4) is 0 Å². The van der Waals surface area contributed by atoms with Crippen molar-refractivity contribution >= 4 is 29.3 Å². The lowest BCUT2D eigenvalue weighted by Crippen LogP contribution is -2.50. The lowest BCUT2D eigenvalue weighted by atomic mass is 10.0. The maximum absolute atomic E-state index is 14.0. The van der Waals surface area contributed by atoms with Gasteiger partial charge in [0.05, 0.1) is 5.69 Å². The van der Waals surface area contributed by atoms with Gasteiger partial charge in [-0.05, 0) is 49.4 Å². The first kappa shape index (κ1) is 17.0. The Morgan fingerprint density at radius 3 is 2.54 bits per heavy atom. The number of thioether (sulfide) groups is 1. The number of amides is 2. The van der Waals surface area contributed by atoms with Crippen LogP contribution in [0.15, 0.2) is 42.5 Å². The Labute approximate surface area is 153 Å². The van der Waals surface area contributed by atoms with Crippen molar-refractivity contribution in [1.82, 2.24) is 4.90 Å². The fourth-order valence-corrected chi connectivity index (χ4v) is 5.10. The topological polar surface area (TPSA) is 40.6 Å². The van der Waals surface area contributed by atoms with Crippen molar-refractivity contribution in [3.05, 3.63) is 65.2 Å². The number of likely N-dealkylation sites (N-methyl/N-ethyl adjacent to an activating group) is 1. The van der Waals surface area contributed by atoms with Gasteiger partial charge in [0.1, 0.15) is 11.6 Å². The quantitative estimate of drug-likeness (QED) is 0.809. The molecule has 0 radical (unpaired) electrons. The number of anilines is 1. The maximum atomic E-state index is 14.0. The summed E-state index contributed by atoms with van der Waals surface area (Å²) in [4.78, 5) is 28.1. The van der Waals surface area contributed by atoms with Gasteiger partial charge in [0.25, 0.3) is 11.8 Å². The van der Waals surface area contributed by atoms with Crippen LogP contribution in [-0.4, -0.2) is 35.6 Å². The zero-order valence-corrected chi connectivity index (χ0v) is 14.9. The monoisotopic (exact) mass is 374 g/mol. The van der Waals surface area contributed by atoms with Crippen LogP contribution in [0.3, 0.4) is 0 Å². The molecule has 2 aromatic carbocycles. The van der Waals surface area contributed by atoms with E-state index in [1.54, 1.807) is 11.0 Å². The SMILES string of the molecule is CCN1C(=O)[C@]2(SCCN2C(=O)c2ccc(F)cc2)c2cc(F)ccc21. The number of hydrogen-bond donors (Lipinski definition) is 0. The molecule has 2 amide bonds. The van der Waals surface area contributed by atoms with Crippen molar-refractivity contribution in [1.29, 1.82) is 0 Å². The number of carbonyl (C=O) groups excluding carboxylic acids is 2. The van der Waals surface area contributed by atoms with Crippen LogP contribution in [-0.2, 0) is 9.67 Å². The van der Waals surface area contributed by atoms with Crippen LogP contribution in [0.4, 0.5) is 14.5 Å². The second-order valence-corrected chi connectivity index (χ2v) is 7.45. The van der Waals surface area contributed by atoms with Crippen LogP contribution < -0.4 is 4.90 Å². The summed E-state index contributed by atoms with van der Waals surface area (Å²) in [5.74, 6) is -0.925. The Morgan fingerprint density at radius 1 is 1.15 bits per heavy atom. The highest BCUT2D eigenvalue weighted by Gasteiger charge is 2.59. The van der Waals surface area contributed by atoms with Gasteiger partial charge in [0, 0.05) is 30.0 Å². The van der Waals surface area contributed by atoms with Crippen LogP contribution in [0.25, 0.3) is 0 Å². The van der Waals surface area contributed by atoms with Crippen molar-refractivity contribution in [2.24, 2.45) is 0 Å². The van der Waals surface area contributed by atoms with Crippen molar-refractivity contribution < 1.29 is 18.4 Å². The largest absolute Gasteiger partial charge is 0.311 e. The maximum Gasteiger partial charge on any atom is 0.268 e. The normalized spacial score (nSPS) is 21.6. The minimum atomic E-state index is -1.26. The molecule has 4 rings (SSSR count). The summed E-state index contributed by atoms with van der Waals surface area (Å²) < 4.78 is 27.2. The molecule has 0 N–H and O–H groups in total. The van der Waals surface area contributed by atoms with Crippen LogP contribution in [0, 0.1) is 11.6 Å². The van der Waals surface area contributed by atoms with Gasteiger partial charge in [-0.2, -0.15) is 0 Å². The van der Waals surface area contributed by atoms with Crippen molar-refractivity contribution in [3.63, 3.8) is 0 Å². The number of fused-ring (bicyclic) bond motifs is 2. The van der Waals surface area contributed by atoms with E-state index in [0.717, 1.165) is 0 Å². The first-order valence-electron chi connectivity index (χ1n) is 8.32. The number of rotatable bonds is 2. The third kappa shape index (κ3) is 2.26. The first-order valence-corrected chi connectivity index (χ1v) is 9.31. The molecule has 0 aliphatic carbocycles. The number of nitrogens with zero attached hydrogens (tertiary/aromatic N) is 2. The fraction of sp³-hybridized carbons (Fsp3) is 0.263. The van der Waals surface area contributed by atoms with Crippen molar-refractivity contribution in [2.45, 2.75) is 11.8 Å². The average Bonchev–Trinajstić information content (AvgIpc) is 3.17. The van der Waals surface area contributed by atoms with E-state index < -0.39 is 16.5 Å². The van der Waals surface area contributed by atoms with E-state index in [4.69, 9.17) is 0 Å². The van der Waals surface area contributed by atoms with Crippen LogP contribution in [0.1, 0.15) is 22.8 Å². The molecule has 7 heteroatoms. The van der Waals surface area contributed by atoms with E-state index in [1.807, 2.05) is 6.92 Å². The Bertz CT molecular complexity index is 903. The molecule has 2 aromatic rings. The lowest BCUT2D eigenvalue weighted by Gasteiger charge is -2.33. The summed E-state index contributed by atoms with van der Waals surface area (Å²) in [6.45, 7) is 2.63. The van der Waals surface area contributed by atoms with Crippen LogP contribution in [0.2, 0.25) is 0 Å². The number of benzene rings is 2. The second-order valence-electron chi connectivity index (χ2n) is 6.17. The van der Waals surface area contributed by atoms with Crippen LogP contribution >= 0.6 is 11.8 Å². The smallest absolute Gasteiger partial charge is 0.268 e. The third-order valence-electron chi connectivity index (χ3n) is 4.81. The fourth-order valence-electron chi connectivity index (χ4n) is 3.65. The summed E-state index contributed by atoms with van der Waals surface area (Å²) in [6, 6.07) is 9.47. The molecule has 1 fully saturated rings. The number of hydrogen-bond acceptors (Lipinski definition) is 3. The molecule has 26 heavy (non-hydrogen) atoms. The highest BCUT2D eigenvalue weighted by Crippen LogP contribution is 2.54. The molecule has 0 unspecified atom stereocenters. The van der Waals surface area contributed by atoms with Crippen molar-refractivity contribution in [2.75, 3.05) is 23.7 Å². The average molecular weight is 374 g/mol. The summed E-state index contributed by atoms with van der Waals surface area (Å²) in [5, 5.41) is 0. The molecule has 134 valence electrons. The highest BCUT2D eigenvalue weighted by molar-refractivity contribution is 8.01. The Morgan fingerprint density at radius 2 is 1.85 bits per heavy atom.